The molecule has 1 amide bonds. The minimum absolute atomic E-state index is 0.105. The number of halogens is 1. The van der Waals surface area contributed by atoms with E-state index in [0.717, 1.165) is 30.4 Å². The molecule has 1 heterocycles. The second-order valence-electron chi connectivity index (χ2n) is 6.41. The quantitative estimate of drug-likeness (QED) is 0.841. The van der Waals surface area contributed by atoms with Crippen LogP contribution in [0.3, 0.4) is 0 Å². The Kier molecular flexibility index (Phi) is 5.31. The lowest BCUT2D eigenvalue weighted by Gasteiger charge is -2.17. The van der Waals surface area contributed by atoms with E-state index in [1.807, 2.05) is 6.92 Å². The Morgan fingerprint density at radius 3 is 3.04 bits per heavy atom. The summed E-state index contributed by atoms with van der Waals surface area (Å²) in [6, 6.07) is 7.52. The van der Waals surface area contributed by atoms with Crippen molar-refractivity contribution >= 4 is 33.8 Å². The first-order valence-corrected chi connectivity index (χ1v) is 9.40. The van der Waals surface area contributed by atoms with Gasteiger partial charge < -0.3 is 10.1 Å². The summed E-state index contributed by atoms with van der Waals surface area (Å²) in [5.41, 5.74) is 2.59. The number of rotatable bonds is 4. The summed E-state index contributed by atoms with van der Waals surface area (Å²) in [4.78, 5) is 13.5. The number of carbonyl (C=O) groups is 1. The fourth-order valence-electron chi connectivity index (χ4n) is 3.04. The first-order chi connectivity index (χ1) is 12.0. The molecule has 1 aromatic heterocycles. The van der Waals surface area contributed by atoms with Gasteiger partial charge in [0.05, 0.1) is 5.56 Å². The number of nitrogens with one attached hydrogen (secondary N) is 1. The number of ether oxygens (including phenoxy) is 1. The number of benzene rings is 1. The first-order valence-electron chi connectivity index (χ1n) is 8.21. The molecule has 4 nitrogen and oxygen atoms in total. The minimum atomic E-state index is -0.266. The molecule has 1 aliphatic carbocycles. The Labute approximate surface area is 156 Å². The van der Waals surface area contributed by atoms with Crippen molar-refractivity contribution in [1.29, 1.82) is 5.26 Å². The van der Waals surface area contributed by atoms with Crippen molar-refractivity contribution in [2.24, 2.45) is 5.92 Å². The molecule has 1 atom stereocenters. The lowest BCUT2D eigenvalue weighted by Crippen LogP contribution is -2.20. The van der Waals surface area contributed by atoms with Gasteiger partial charge in [-0.2, -0.15) is 5.26 Å². The van der Waals surface area contributed by atoms with E-state index >= 15 is 0 Å². The second kappa shape index (κ2) is 7.47. The van der Waals surface area contributed by atoms with Gasteiger partial charge >= 0.3 is 0 Å². The third kappa shape index (κ3) is 3.97. The predicted octanol–water partition coefficient (Wildman–Crippen LogP) is 4.72. The minimum Gasteiger partial charge on any atom is -0.483 e. The molecule has 3 rings (SSSR count). The lowest BCUT2D eigenvalue weighted by molar-refractivity contribution is -0.118. The van der Waals surface area contributed by atoms with Crippen LogP contribution in [0.5, 0.6) is 5.75 Å². The summed E-state index contributed by atoms with van der Waals surface area (Å²) in [5.74, 6) is 0.981. The molecule has 2 aromatic rings. The van der Waals surface area contributed by atoms with Crippen molar-refractivity contribution in [2.75, 3.05) is 11.9 Å². The molecule has 0 saturated carbocycles. The zero-order valence-corrected chi connectivity index (χ0v) is 15.8. The van der Waals surface area contributed by atoms with Crippen LogP contribution in [0.1, 0.15) is 34.9 Å². The van der Waals surface area contributed by atoms with Gasteiger partial charge in [0.1, 0.15) is 16.8 Å². The Bertz CT molecular complexity index is 854. The van der Waals surface area contributed by atoms with Gasteiger partial charge in [-0.15, -0.1) is 11.3 Å². The van der Waals surface area contributed by atoms with Crippen LogP contribution in [0.25, 0.3) is 0 Å². The van der Waals surface area contributed by atoms with E-state index in [9.17, 15) is 10.1 Å². The molecule has 6 heteroatoms. The number of carbonyl (C=O) groups excluding carboxylic acids is 1. The van der Waals surface area contributed by atoms with Crippen molar-refractivity contribution in [3.63, 3.8) is 0 Å². The van der Waals surface area contributed by atoms with E-state index in [4.69, 9.17) is 16.3 Å². The summed E-state index contributed by atoms with van der Waals surface area (Å²) in [6.07, 6.45) is 2.97. The van der Waals surface area contributed by atoms with Gasteiger partial charge in [-0.25, -0.2) is 0 Å². The number of amides is 1. The molecule has 0 saturated heterocycles. The standard InChI is InChI=1S/C19H19ClN2O2S/c1-11-3-5-14-15(9-21)19(25-17(14)7-11)22-18(23)10-24-16-6-4-13(20)8-12(16)2/h4,6,8,11H,3,5,7,10H2,1-2H3,(H,22,23). The number of hydrogen-bond acceptors (Lipinski definition) is 4. The molecule has 0 radical (unpaired) electrons. The van der Waals surface area contributed by atoms with Gasteiger partial charge in [0.25, 0.3) is 5.91 Å². The Hall–Kier alpha value is -2.03. The smallest absolute Gasteiger partial charge is 0.262 e. The van der Waals surface area contributed by atoms with Gasteiger partial charge in [0, 0.05) is 9.90 Å². The Morgan fingerprint density at radius 1 is 1.52 bits per heavy atom. The SMILES string of the molecule is Cc1cc(Cl)ccc1OCC(=O)Nc1sc2c(c1C#N)CCC(C)C2. The summed E-state index contributed by atoms with van der Waals surface area (Å²) in [6.45, 7) is 3.99. The largest absolute Gasteiger partial charge is 0.483 e. The molecule has 130 valence electrons. The summed E-state index contributed by atoms with van der Waals surface area (Å²) in [7, 11) is 0. The van der Waals surface area contributed by atoms with Gasteiger partial charge in [-0.05, 0) is 61.4 Å². The molecular weight excluding hydrogens is 356 g/mol. The molecular formula is C19H19ClN2O2S. The molecule has 0 fully saturated rings. The fourth-order valence-corrected chi connectivity index (χ4v) is 4.64. The highest BCUT2D eigenvalue weighted by molar-refractivity contribution is 7.16. The van der Waals surface area contributed by atoms with Crippen LogP contribution < -0.4 is 10.1 Å². The van der Waals surface area contributed by atoms with Crippen LogP contribution >= 0.6 is 22.9 Å². The highest BCUT2D eigenvalue weighted by atomic mass is 35.5. The summed E-state index contributed by atoms with van der Waals surface area (Å²) < 4.78 is 5.57. The van der Waals surface area contributed by atoms with Gasteiger partial charge in [0.2, 0.25) is 0 Å². The third-order valence-electron chi connectivity index (χ3n) is 4.37. The molecule has 1 aliphatic rings. The van der Waals surface area contributed by atoms with Crippen LogP contribution in [0.15, 0.2) is 18.2 Å². The monoisotopic (exact) mass is 374 g/mol. The van der Waals surface area contributed by atoms with Gasteiger partial charge in [-0.3, -0.25) is 4.79 Å². The van der Waals surface area contributed by atoms with Crippen molar-refractivity contribution in [1.82, 2.24) is 0 Å². The first kappa shape index (κ1) is 17.8. The van der Waals surface area contributed by atoms with Crippen molar-refractivity contribution in [2.45, 2.75) is 33.1 Å². The van der Waals surface area contributed by atoms with Crippen molar-refractivity contribution in [3.05, 3.63) is 44.8 Å². The molecule has 0 spiro atoms. The zero-order valence-electron chi connectivity index (χ0n) is 14.2. The van der Waals surface area contributed by atoms with E-state index in [2.05, 4.69) is 18.3 Å². The van der Waals surface area contributed by atoms with Gasteiger partial charge in [-0.1, -0.05) is 18.5 Å². The van der Waals surface area contributed by atoms with Crippen molar-refractivity contribution in [3.8, 4) is 11.8 Å². The average molecular weight is 375 g/mol. The van der Waals surface area contributed by atoms with E-state index in [1.54, 1.807) is 18.2 Å². The number of aryl methyl sites for hydroxylation is 1. The zero-order chi connectivity index (χ0) is 18.0. The lowest BCUT2D eigenvalue weighted by atomic mass is 9.89. The maximum Gasteiger partial charge on any atom is 0.262 e. The van der Waals surface area contributed by atoms with Crippen molar-refractivity contribution < 1.29 is 9.53 Å². The van der Waals surface area contributed by atoms with Crippen LogP contribution in [0.4, 0.5) is 5.00 Å². The maximum absolute atomic E-state index is 12.2. The molecule has 1 unspecified atom stereocenters. The number of hydrogen-bond donors (Lipinski definition) is 1. The molecule has 0 bridgehead atoms. The average Bonchev–Trinajstić information content (AvgIpc) is 2.89. The number of thiophene rings is 1. The van der Waals surface area contributed by atoms with E-state index in [-0.39, 0.29) is 12.5 Å². The van der Waals surface area contributed by atoms with Crippen LogP contribution in [-0.2, 0) is 17.6 Å². The van der Waals surface area contributed by atoms with Gasteiger partial charge in [0.15, 0.2) is 6.61 Å². The summed E-state index contributed by atoms with van der Waals surface area (Å²) >= 11 is 7.43. The predicted molar refractivity (Wildman–Crippen MR) is 101 cm³/mol. The maximum atomic E-state index is 12.2. The molecule has 0 aliphatic heterocycles. The number of fused-ring (bicyclic) bond motifs is 1. The van der Waals surface area contributed by atoms with E-state index in [1.165, 1.54) is 16.2 Å². The second-order valence-corrected chi connectivity index (χ2v) is 7.96. The van der Waals surface area contributed by atoms with Crippen LogP contribution in [0.2, 0.25) is 5.02 Å². The van der Waals surface area contributed by atoms with Crippen LogP contribution in [-0.4, -0.2) is 12.5 Å². The Balaban J connectivity index is 1.68. The Morgan fingerprint density at radius 2 is 2.32 bits per heavy atom. The highest BCUT2D eigenvalue weighted by Gasteiger charge is 2.24. The topological polar surface area (TPSA) is 62.1 Å². The highest BCUT2D eigenvalue weighted by Crippen LogP contribution is 2.39. The van der Waals surface area contributed by atoms with E-state index < -0.39 is 0 Å². The number of nitrogens with zero attached hydrogens (tertiary/aromatic N) is 1. The van der Waals surface area contributed by atoms with Crippen LogP contribution in [0, 0.1) is 24.2 Å². The number of nitriles is 1. The number of anilines is 1. The third-order valence-corrected chi connectivity index (χ3v) is 5.78. The molecule has 25 heavy (non-hydrogen) atoms. The molecule has 1 aromatic carbocycles. The summed E-state index contributed by atoms with van der Waals surface area (Å²) in [5, 5.41) is 13.6. The van der Waals surface area contributed by atoms with E-state index in [0.29, 0.717) is 27.3 Å². The molecule has 1 N–H and O–H groups in total. The normalized spacial score (nSPS) is 16.0. The fraction of sp³-hybridized carbons (Fsp3) is 0.368.